The predicted molar refractivity (Wildman–Crippen MR) is 95.3 cm³/mol. The summed E-state index contributed by atoms with van der Waals surface area (Å²) >= 11 is 12.8. The van der Waals surface area contributed by atoms with E-state index in [0.717, 1.165) is 22.9 Å². The van der Waals surface area contributed by atoms with Gasteiger partial charge in [-0.15, -0.1) is 0 Å². The van der Waals surface area contributed by atoms with Gasteiger partial charge < -0.3 is 4.43 Å². The van der Waals surface area contributed by atoms with Gasteiger partial charge in [0, 0.05) is 55.0 Å². The van der Waals surface area contributed by atoms with Crippen molar-refractivity contribution in [2.24, 2.45) is 5.92 Å². The Morgan fingerprint density at radius 3 is 2.23 bits per heavy atom. The van der Waals surface area contributed by atoms with Crippen LogP contribution in [-0.4, -0.2) is 14.4 Å². The van der Waals surface area contributed by atoms with Gasteiger partial charge >= 0.3 is 0 Å². The van der Waals surface area contributed by atoms with Gasteiger partial charge in [-0.25, -0.2) is 0 Å². The quantitative estimate of drug-likeness (QED) is 0.473. The molecule has 2 atom stereocenters. The maximum atomic E-state index is 6.50. The maximum absolute atomic E-state index is 6.50. The molecular formula is C17H24Cl2OSiZr. The number of rotatable bonds is 5. The van der Waals surface area contributed by atoms with Gasteiger partial charge in [0.15, 0.2) is 8.32 Å². The maximum Gasteiger partial charge on any atom is 0.184 e. The molecule has 2 rings (SSSR count). The second-order valence-electron chi connectivity index (χ2n) is 6.74. The molecule has 0 aromatic carbocycles. The minimum absolute atomic E-state index is 0. The van der Waals surface area contributed by atoms with Gasteiger partial charge in [-0.3, -0.25) is 0 Å². The minimum Gasteiger partial charge on any atom is -0.411 e. The Balaban J connectivity index is 0.00000242. The van der Waals surface area contributed by atoms with E-state index in [0.29, 0.717) is 0 Å². The largest absolute Gasteiger partial charge is 0.411 e. The summed E-state index contributed by atoms with van der Waals surface area (Å²) in [5.74, 6) is 0.227. The summed E-state index contributed by atoms with van der Waals surface area (Å²) in [6, 6.07) is 0. The molecule has 0 saturated carbocycles. The molecule has 0 heterocycles. The molecular weight excluding hydrogens is 410 g/mol. The first-order valence-corrected chi connectivity index (χ1v) is 11.7. The molecule has 2 aliphatic rings. The molecule has 0 amide bonds. The number of allylic oxidation sites excluding steroid dienone is 6. The minimum atomic E-state index is -1.58. The van der Waals surface area contributed by atoms with Crippen molar-refractivity contribution >= 4 is 31.5 Å². The summed E-state index contributed by atoms with van der Waals surface area (Å²) < 4.78 is 6.25. The third-order valence-corrected chi connectivity index (χ3v) is 5.67. The molecule has 0 N–H and O–H groups in total. The van der Waals surface area contributed by atoms with E-state index in [9.17, 15) is 0 Å². The Labute approximate surface area is 164 Å². The van der Waals surface area contributed by atoms with Gasteiger partial charge in [-0.2, -0.15) is 0 Å². The van der Waals surface area contributed by atoms with Crippen LogP contribution in [0.15, 0.2) is 45.0 Å². The normalized spacial score (nSPS) is 21.1. The van der Waals surface area contributed by atoms with Crippen LogP contribution in [0.1, 0.15) is 26.7 Å². The summed E-state index contributed by atoms with van der Waals surface area (Å²) in [7, 11) is -1.58. The van der Waals surface area contributed by atoms with E-state index in [1.54, 1.807) is 0 Å². The van der Waals surface area contributed by atoms with Crippen molar-refractivity contribution in [1.82, 2.24) is 0 Å². The summed E-state index contributed by atoms with van der Waals surface area (Å²) in [6.45, 7) is 11.0. The Kier molecular flexibility index (Phi) is 7.62. The second kappa shape index (κ2) is 8.12. The van der Waals surface area contributed by atoms with E-state index in [1.807, 2.05) is 0 Å². The first kappa shape index (κ1) is 20.6. The van der Waals surface area contributed by atoms with Crippen LogP contribution in [0.5, 0.6) is 0 Å². The van der Waals surface area contributed by atoms with Crippen LogP contribution in [0.4, 0.5) is 0 Å². The molecule has 0 bridgehead atoms. The van der Waals surface area contributed by atoms with Crippen LogP contribution in [0.2, 0.25) is 19.6 Å². The Bertz CT molecular complexity index is 555. The van der Waals surface area contributed by atoms with Crippen LogP contribution < -0.4 is 0 Å². The van der Waals surface area contributed by atoms with Gasteiger partial charge in [0.2, 0.25) is 0 Å². The summed E-state index contributed by atoms with van der Waals surface area (Å²) in [5, 5.41) is 1.87. The Morgan fingerprint density at radius 1 is 1.09 bits per heavy atom. The Morgan fingerprint density at radius 2 is 1.73 bits per heavy atom. The van der Waals surface area contributed by atoms with Crippen molar-refractivity contribution in [3.8, 4) is 0 Å². The molecule has 0 saturated heterocycles. The smallest absolute Gasteiger partial charge is 0.184 e. The molecule has 1 nitrogen and oxygen atoms in total. The Hall–Kier alpha value is 0.600. The third kappa shape index (κ3) is 4.80. The standard InChI is InChI=1S/C17H24Cl2OSi.Zr/c1-11(13-7-6-8-15(13)18)17-14(9-10-16(17)19)12(2)20-21(3,4)5;/h6-7,9,11-12H,8,10H2,1-5H3;. The van der Waals surface area contributed by atoms with E-state index in [2.05, 4.69) is 51.7 Å². The molecule has 22 heavy (non-hydrogen) atoms. The van der Waals surface area contributed by atoms with Crippen molar-refractivity contribution in [2.45, 2.75) is 52.4 Å². The molecule has 5 heteroatoms. The number of halogens is 2. The zero-order valence-electron chi connectivity index (χ0n) is 14.0. The van der Waals surface area contributed by atoms with E-state index in [-0.39, 0.29) is 38.2 Å². The van der Waals surface area contributed by atoms with Crippen LogP contribution in [-0.2, 0) is 30.6 Å². The van der Waals surface area contributed by atoms with Gasteiger partial charge in [0.05, 0.1) is 6.10 Å². The van der Waals surface area contributed by atoms with Crippen molar-refractivity contribution in [2.75, 3.05) is 0 Å². The summed E-state index contributed by atoms with van der Waals surface area (Å²) in [6.07, 6.45) is 8.20. The molecule has 0 fully saturated rings. The third-order valence-electron chi connectivity index (χ3n) is 3.88. The first-order chi connectivity index (χ1) is 9.70. The van der Waals surface area contributed by atoms with Crippen molar-refractivity contribution in [1.29, 1.82) is 0 Å². The van der Waals surface area contributed by atoms with Crippen LogP contribution in [0, 0.1) is 5.92 Å². The molecule has 2 aliphatic carbocycles. The molecule has 120 valence electrons. The predicted octanol–water partition coefficient (Wildman–Crippen LogP) is 6.14. The fourth-order valence-electron chi connectivity index (χ4n) is 3.07. The second-order valence-corrected chi connectivity index (χ2v) is 12.1. The van der Waals surface area contributed by atoms with Crippen molar-refractivity contribution in [3.05, 3.63) is 45.0 Å². The van der Waals surface area contributed by atoms with Crippen molar-refractivity contribution < 1.29 is 30.6 Å². The number of hydrogen-bond acceptors (Lipinski definition) is 1. The zero-order valence-corrected chi connectivity index (χ0v) is 18.9. The summed E-state index contributed by atoms with van der Waals surface area (Å²) in [4.78, 5) is 0. The zero-order chi connectivity index (χ0) is 15.8. The van der Waals surface area contributed by atoms with E-state index >= 15 is 0 Å². The SMILES string of the molecule is CC(O[Si](C)(C)C)C1=CCC(Cl)=C1C(C)C1=C(Cl)CC=C1.[Zr]. The van der Waals surface area contributed by atoms with E-state index in [1.165, 1.54) is 16.7 Å². The fourth-order valence-corrected chi connectivity index (χ4v) is 4.93. The topological polar surface area (TPSA) is 9.23 Å². The monoisotopic (exact) mass is 432 g/mol. The van der Waals surface area contributed by atoms with Crippen LogP contribution in [0.25, 0.3) is 0 Å². The molecule has 0 aromatic heterocycles. The number of hydrogen-bond donors (Lipinski definition) is 0. The molecule has 2 unspecified atom stereocenters. The fraction of sp³-hybridized carbons (Fsp3) is 0.529. The average molecular weight is 435 g/mol. The van der Waals surface area contributed by atoms with Crippen LogP contribution >= 0.6 is 23.2 Å². The van der Waals surface area contributed by atoms with Crippen LogP contribution in [0.3, 0.4) is 0 Å². The summed E-state index contributed by atoms with van der Waals surface area (Å²) in [5.41, 5.74) is 3.65. The molecule has 0 aromatic rings. The van der Waals surface area contributed by atoms with Gasteiger partial charge in [-0.1, -0.05) is 48.4 Å². The van der Waals surface area contributed by atoms with Gasteiger partial charge in [-0.05, 0) is 43.3 Å². The molecule has 0 radical (unpaired) electrons. The van der Waals surface area contributed by atoms with E-state index < -0.39 is 8.32 Å². The average Bonchev–Trinajstić information content (AvgIpc) is 2.92. The molecule has 0 spiro atoms. The van der Waals surface area contributed by atoms with Crippen molar-refractivity contribution in [3.63, 3.8) is 0 Å². The van der Waals surface area contributed by atoms with E-state index in [4.69, 9.17) is 27.6 Å². The first-order valence-electron chi connectivity index (χ1n) is 7.52. The van der Waals surface area contributed by atoms with Gasteiger partial charge in [0.25, 0.3) is 0 Å². The van der Waals surface area contributed by atoms with Gasteiger partial charge in [0.1, 0.15) is 0 Å². The molecule has 0 aliphatic heterocycles.